The van der Waals surface area contributed by atoms with E-state index in [1.165, 1.54) is 5.56 Å². The van der Waals surface area contributed by atoms with E-state index in [0.717, 1.165) is 18.8 Å². The molecular formula is C11H16N4. The van der Waals surface area contributed by atoms with Gasteiger partial charge >= 0.3 is 0 Å². The summed E-state index contributed by atoms with van der Waals surface area (Å²) >= 11 is 0. The fourth-order valence-corrected chi connectivity index (χ4v) is 1.63. The molecule has 1 N–H and O–H groups in total. The van der Waals surface area contributed by atoms with Gasteiger partial charge in [-0.05, 0) is 24.7 Å². The Labute approximate surface area is 89.5 Å². The monoisotopic (exact) mass is 204 g/mol. The molecule has 0 unspecified atom stereocenters. The predicted octanol–water partition coefficient (Wildman–Crippen LogP) is 0.989. The molecule has 0 bridgehead atoms. The van der Waals surface area contributed by atoms with Crippen molar-refractivity contribution in [2.45, 2.75) is 13.1 Å². The van der Waals surface area contributed by atoms with E-state index in [1.807, 2.05) is 31.0 Å². The lowest BCUT2D eigenvalue weighted by Crippen LogP contribution is -2.04. The molecule has 0 aliphatic rings. The van der Waals surface area contributed by atoms with Crippen LogP contribution in [-0.2, 0) is 20.1 Å². The number of rotatable bonds is 4. The third-order valence-corrected chi connectivity index (χ3v) is 2.31. The number of hydrogen-bond donors (Lipinski definition) is 1. The predicted molar refractivity (Wildman–Crippen MR) is 59.5 cm³/mol. The maximum atomic E-state index is 4.34. The molecule has 2 rings (SSSR count). The van der Waals surface area contributed by atoms with Crippen LogP contribution < -0.4 is 5.32 Å². The third kappa shape index (κ3) is 2.47. The number of aromatic nitrogens is 3. The third-order valence-electron chi connectivity index (χ3n) is 2.31. The van der Waals surface area contributed by atoms with E-state index < -0.39 is 0 Å². The van der Waals surface area contributed by atoms with Crippen LogP contribution in [0.25, 0.3) is 0 Å². The molecule has 0 saturated heterocycles. The van der Waals surface area contributed by atoms with E-state index in [9.17, 15) is 0 Å². The SMILES string of the molecule is CNCc1ccn(Cc2ccn(C)n2)c1. The van der Waals surface area contributed by atoms with Gasteiger partial charge in [0.05, 0.1) is 12.2 Å². The van der Waals surface area contributed by atoms with E-state index in [-0.39, 0.29) is 0 Å². The Morgan fingerprint density at radius 2 is 2.20 bits per heavy atom. The van der Waals surface area contributed by atoms with Crippen LogP contribution >= 0.6 is 0 Å². The molecule has 2 aromatic rings. The summed E-state index contributed by atoms with van der Waals surface area (Å²) in [6, 6.07) is 4.16. The Balaban J connectivity index is 2.04. The van der Waals surface area contributed by atoms with Crippen LogP contribution in [0, 0.1) is 0 Å². The van der Waals surface area contributed by atoms with Crippen LogP contribution in [0.4, 0.5) is 0 Å². The Morgan fingerprint density at radius 1 is 1.33 bits per heavy atom. The van der Waals surface area contributed by atoms with Gasteiger partial charge in [-0.15, -0.1) is 0 Å². The van der Waals surface area contributed by atoms with Gasteiger partial charge in [0.1, 0.15) is 0 Å². The number of hydrogen-bond acceptors (Lipinski definition) is 2. The molecule has 80 valence electrons. The van der Waals surface area contributed by atoms with Crippen LogP contribution in [0.15, 0.2) is 30.7 Å². The zero-order valence-electron chi connectivity index (χ0n) is 9.14. The normalized spacial score (nSPS) is 10.8. The second kappa shape index (κ2) is 4.31. The minimum absolute atomic E-state index is 0.838. The highest BCUT2D eigenvalue weighted by Gasteiger charge is 1.99. The van der Waals surface area contributed by atoms with Crippen molar-refractivity contribution >= 4 is 0 Å². The van der Waals surface area contributed by atoms with Crippen LogP contribution in [0.5, 0.6) is 0 Å². The Bertz CT molecular complexity index is 427. The molecular weight excluding hydrogens is 188 g/mol. The Kier molecular flexibility index (Phi) is 2.87. The molecule has 0 radical (unpaired) electrons. The van der Waals surface area contributed by atoms with E-state index in [4.69, 9.17) is 0 Å². The van der Waals surface area contributed by atoms with Crippen molar-refractivity contribution in [3.05, 3.63) is 42.0 Å². The van der Waals surface area contributed by atoms with E-state index in [1.54, 1.807) is 0 Å². The average Bonchev–Trinajstić information content (AvgIpc) is 2.78. The van der Waals surface area contributed by atoms with Crippen molar-refractivity contribution in [2.24, 2.45) is 7.05 Å². The molecule has 2 aromatic heterocycles. The standard InChI is InChI=1S/C11H16N4/c1-12-7-10-3-6-15(8-10)9-11-4-5-14(2)13-11/h3-6,8,12H,7,9H2,1-2H3. The summed E-state index contributed by atoms with van der Waals surface area (Å²) in [6.07, 6.45) is 6.19. The molecule has 0 atom stereocenters. The molecule has 0 aliphatic carbocycles. The summed E-state index contributed by atoms with van der Waals surface area (Å²) in [7, 11) is 3.89. The van der Waals surface area contributed by atoms with Gasteiger partial charge in [-0.2, -0.15) is 5.10 Å². The van der Waals surface area contributed by atoms with E-state index in [0.29, 0.717) is 0 Å². The van der Waals surface area contributed by atoms with Gasteiger partial charge in [0, 0.05) is 32.2 Å². The molecule has 0 aromatic carbocycles. The summed E-state index contributed by atoms with van der Waals surface area (Å²) in [4.78, 5) is 0. The first-order valence-corrected chi connectivity index (χ1v) is 5.05. The summed E-state index contributed by atoms with van der Waals surface area (Å²) in [6.45, 7) is 1.75. The quantitative estimate of drug-likeness (QED) is 0.806. The van der Waals surface area contributed by atoms with Gasteiger partial charge < -0.3 is 9.88 Å². The van der Waals surface area contributed by atoms with Gasteiger partial charge in [-0.3, -0.25) is 4.68 Å². The second-order valence-electron chi connectivity index (χ2n) is 3.70. The van der Waals surface area contributed by atoms with Crippen LogP contribution in [0.1, 0.15) is 11.3 Å². The minimum Gasteiger partial charge on any atom is -0.348 e. The summed E-state index contributed by atoms with van der Waals surface area (Å²) in [5, 5.41) is 7.47. The molecule has 4 heteroatoms. The zero-order valence-corrected chi connectivity index (χ0v) is 9.14. The van der Waals surface area contributed by atoms with Crippen LogP contribution in [0.2, 0.25) is 0 Å². The van der Waals surface area contributed by atoms with Crippen molar-refractivity contribution in [3.63, 3.8) is 0 Å². The van der Waals surface area contributed by atoms with Gasteiger partial charge in [0.2, 0.25) is 0 Å². The molecule has 0 amide bonds. The average molecular weight is 204 g/mol. The largest absolute Gasteiger partial charge is 0.348 e. The van der Waals surface area contributed by atoms with Gasteiger partial charge in [0.25, 0.3) is 0 Å². The van der Waals surface area contributed by atoms with Gasteiger partial charge in [0.15, 0.2) is 0 Å². The number of nitrogens with zero attached hydrogens (tertiary/aromatic N) is 3. The highest BCUT2D eigenvalue weighted by atomic mass is 15.3. The second-order valence-corrected chi connectivity index (χ2v) is 3.70. The number of nitrogens with one attached hydrogen (secondary N) is 1. The lowest BCUT2D eigenvalue weighted by molar-refractivity contribution is 0.706. The summed E-state index contributed by atoms with van der Waals surface area (Å²) in [5.74, 6) is 0. The van der Waals surface area contributed by atoms with Crippen molar-refractivity contribution in [1.29, 1.82) is 0 Å². The molecule has 0 fully saturated rings. The van der Waals surface area contributed by atoms with Crippen molar-refractivity contribution in [1.82, 2.24) is 19.7 Å². The number of aryl methyl sites for hydroxylation is 1. The van der Waals surface area contributed by atoms with Gasteiger partial charge in [-0.25, -0.2) is 0 Å². The summed E-state index contributed by atoms with van der Waals surface area (Å²) in [5.41, 5.74) is 2.39. The van der Waals surface area contributed by atoms with Gasteiger partial charge in [-0.1, -0.05) is 0 Å². The Hall–Kier alpha value is -1.55. The first-order valence-electron chi connectivity index (χ1n) is 5.05. The van der Waals surface area contributed by atoms with Crippen LogP contribution in [-0.4, -0.2) is 21.4 Å². The van der Waals surface area contributed by atoms with E-state index >= 15 is 0 Å². The lowest BCUT2D eigenvalue weighted by atomic mass is 10.3. The van der Waals surface area contributed by atoms with Crippen molar-refractivity contribution in [2.75, 3.05) is 7.05 Å². The summed E-state index contributed by atoms with van der Waals surface area (Å²) < 4.78 is 3.97. The van der Waals surface area contributed by atoms with E-state index in [2.05, 4.69) is 33.4 Å². The molecule has 0 spiro atoms. The van der Waals surface area contributed by atoms with Crippen LogP contribution in [0.3, 0.4) is 0 Å². The minimum atomic E-state index is 0.838. The molecule has 0 aliphatic heterocycles. The Morgan fingerprint density at radius 3 is 2.87 bits per heavy atom. The molecule has 4 nitrogen and oxygen atoms in total. The first kappa shape index (κ1) is 9.98. The van der Waals surface area contributed by atoms with Crippen molar-refractivity contribution in [3.8, 4) is 0 Å². The maximum Gasteiger partial charge on any atom is 0.0821 e. The van der Waals surface area contributed by atoms with Crippen molar-refractivity contribution < 1.29 is 0 Å². The maximum absolute atomic E-state index is 4.34. The molecule has 2 heterocycles. The zero-order chi connectivity index (χ0) is 10.7. The first-order chi connectivity index (χ1) is 7.28. The highest BCUT2D eigenvalue weighted by molar-refractivity contribution is 5.11. The molecule has 15 heavy (non-hydrogen) atoms. The fourth-order valence-electron chi connectivity index (χ4n) is 1.63. The smallest absolute Gasteiger partial charge is 0.0821 e. The lowest BCUT2D eigenvalue weighted by Gasteiger charge is -1.98. The highest BCUT2D eigenvalue weighted by Crippen LogP contribution is 2.04. The fraction of sp³-hybridized carbons (Fsp3) is 0.364. The molecule has 0 saturated carbocycles. The topological polar surface area (TPSA) is 34.8 Å².